The molecule has 1 saturated heterocycles. The molecule has 0 radical (unpaired) electrons. The molecule has 1 fully saturated rings. The fourth-order valence-corrected chi connectivity index (χ4v) is 1.36. The molecule has 17 heavy (non-hydrogen) atoms. The van der Waals surface area contributed by atoms with Gasteiger partial charge in [-0.2, -0.15) is 0 Å². The van der Waals surface area contributed by atoms with E-state index in [0.29, 0.717) is 0 Å². The Labute approximate surface area is 97.9 Å². The lowest BCUT2D eigenvalue weighted by Gasteiger charge is -2.09. The predicted molar refractivity (Wildman–Crippen MR) is 57.6 cm³/mol. The summed E-state index contributed by atoms with van der Waals surface area (Å²) in [4.78, 5) is 27.1. The second kappa shape index (κ2) is 5.31. The smallest absolute Gasteiger partial charge is 0.408 e. The highest BCUT2D eigenvalue weighted by Crippen LogP contribution is 2.01. The Hall–Kier alpha value is -2.08. The minimum absolute atomic E-state index is 0.110. The van der Waals surface area contributed by atoms with Crippen molar-refractivity contribution in [1.82, 2.24) is 10.8 Å². The fraction of sp³-hybridized carbons (Fsp3) is 0.273. The van der Waals surface area contributed by atoms with Crippen LogP contribution in [0.3, 0.4) is 0 Å². The van der Waals surface area contributed by atoms with Gasteiger partial charge in [-0.05, 0) is 5.56 Å². The van der Waals surface area contributed by atoms with Crippen molar-refractivity contribution in [2.45, 2.75) is 12.6 Å². The normalized spacial score (nSPS) is 18.6. The third-order valence-electron chi connectivity index (χ3n) is 2.24. The van der Waals surface area contributed by atoms with E-state index >= 15 is 0 Å². The molecule has 0 aliphatic carbocycles. The van der Waals surface area contributed by atoms with Gasteiger partial charge in [0.2, 0.25) is 0 Å². The molecule has 1 aromatic rings. The van der Waals surface area contributed by atoms with Gasteiger partial charge >= 0.3 is 6.09 Å². The first kappa shape index (κ1) is 11.4. The number of hydrogen-bond acceptors (Lipinski definition) is 4. The molecule has 0 unspecified atom stereocenters. The van der Waals surface area contributed by atoms with Crippen LogP contribution in [0.25, 0.3) is 0 Å². The van der Waals surface area contributed by atoms with Gasteiger partial charge in [-0.15, -0.1) is 0 Å². The minimum Gasteiger partial charge on any atom is -0.445 e. The van der Waals surface area contributed by atoms with E-state index in [2.05, 4.69) is 15.6 Å². The Morgan fingerprint density at radius 1 is 1.47 bits per heavy atom. The molecule has 0 bridgehead atoms. The molecule has 90 valence electrons. The summed E-state index contributed by atoms with van der Waals surface area (Å²) in [5.41, 5.74) is 3.02. The second-order valence-corrected chi connectivity index (χ2v) is 3.54. The van der Waals surface area contributed by atoms with Crippen molar-refractivity contribution in [3.8, 4) is 0 Å². The highest BCUT2D eigenvalue weighted by molar-refractivity contribution is 5.86. The molecule has 6 nitrogen and oxygen atoms in total. The predicted octanol–water partition coefficient (Wildman–Crippen LogP) is 0.343. The Balaban J connectivity index is 1.76. The zero-order valence-corrected chi connectivity index (χ0v) is 9.01. The van der Waals surface area contributed by atoms with Crippen molar-refractivity contribution < 1.29 is 19.2 Å². The Kier molecular flexibility index (Phi) is 3.56. The number of alkyl carbamates (subject to hydrolysis) is 1. The van der Waals surface area contributed by atoms with E-state index in [-0.39, 0.29) is 19.1 Å². The zero-order valence-electron chi connectivity index (χ0n) is 9.01. The zero-order chi connectivity index (χ0) is 12.1. The maximum atomic E-state index is 11.3. The number of nitrogens with one attached hydrogen (secondary N) is 2. The van der Waals surface area contributed by atoms with E-state index in [0.717, 1.165) is 5.56 Å². The summed E-state index contributed by atoms with van der Waals surface area (Å²) in [7, 11) is 0. The summed E-state index contributed by atoms with van der Waals surface area (Å²) in [6.45, 7) is 0.279. The summed E-state index contributed by atoms with van der Waals surface area (Å²) in [6.07, 6.45) is -0.639. The van der Waals surface area contributed by atoms with Crippen molar-refractivity contribution in [3.05, 3.63) is 35.9 Å². The third kappa shape index (κ3) is 3.18. The molecule has 2 amide bonds. The van der Waals surface area contributed by atoms with Crippen LogP contribution in [0, 0.1) is 0 Å². The number of hydrogen-bond donors (Lipinski definition) is 2. The molecular formula is C11H12N2O4. The lowest BCUT2D eigenvalue weighted by Crippen LogP contribution is -2.41. The SMILES string of the molecule is O=C(N[C@H]1CONC1=O)OCc1ccccc1. The summed E-state index contributed by atoms with van der Waals surface area (Å²) in [5, 5.41) is 2.40. The summed E-state index contributed by atoms with van der Waals surface area (Å²) < 4.78 is 4.95. The molecular weight excluding hydrogens is 224 g/mol. The van der Waals surface area contributed by atoms with Gasteiger partial charge in [0.05, 0.1) is 0 Å². The lowest BCUT2D eigenvalue weighted by molar-refractivity contribution is -0.125. The molecule has 1 heterocycles. The van der Waals surface area contributed by atoms with Gasteiger partial charge in [-0.1, -0.05) is 30.3 Å². The van der Waals surface area contributed by atoms with Crippen molar-refractivity contribution in [2.75, 3.05) is 6.61 Å². The van der Waals surface area contributed by atoms with E-state index in [4.69, 9.17) is 4.74 Å². The summed E-state index contributed by atoms with van der Waals surface area (Å²) >= 11 is 0. The lowest BCUT2D eigenvalue weighted by atomic mass is 10.2. The summed E-state index contributed by atoms with van der Waals surface area (Å²) in [5.74, 6) is -0.373. The van der Waals surface area contributed by atoms with E-state index in [1.54, 1.807) is 0 Å². The monoisotopic (exact) mass is 236 g/mol. The van der Waals surface area contributed by atoms with E-state index in [1.807, 2.05) is 30.3 Å². The average Bonchev–Trinajstić information content (AvgIpc) is 2.74. The molecule has 1 aliphatic rings. The van der Waals surface area contributed by atoms with Crippen molar-refractivity contribution in [2.24, 2.45) is 0 Å². The number of ether oxygens (including phenoxy) is 1. The van der Waals surface area contributed by atoms with Crippen molar-refractivity contribution in [1.29, 1.82) is 0 Å². The first-order chi connectivity index (χ1) is 8.25. The quantitative estimate of drug-likeness (QED) is 0.793. The molecule has 0 aromatic heterocycles. The molecule has 1 atom stereocenters. The topological polar surface area (TPSA) is 76.7 Å². The molecule has 1 aliphatic heterocycles. The largest absolute Gasteiger partial charge is 0.445 e. The van der Waals surface area contributed by atoms with E-state index in [9.17, 15) is 9.59 Å². The molecule has 1 aromatic carbocycles. The second-order valence-electron chi connectivity index (χ2n) is 3.54. The van der Waals surface area contributed by atoms with Crippen LogP contribution in [-0.2, 0) is 21.0 Å². The van der Waals surface area contributed by atoms with Gasteiger partial charge < -0.3 is 10.1 Å². The molecule has 2 N–H and O–H groups in total. The Morgan fingerprint density at radius 3 is 2.88 bits per heavy atom. The highest BCUT2D eigenvalue weighted by Gasteiger charge is 2.27. The van der Waals surface area contributed by atoms with Gasteiger partial charge in [0.1, 0.15) is 19.3 Å². The fourth-order valence-electron chi connectivity index (χ4n) is 1.36. The number of carbonyl (C=O) groups is 2. The van der Waals surface area contributed by atoms with Crippen LogP contribution in [0.5, 0.6) is 0 Å². The maximum absolute atomic E-state index is 11.3. The van der Waals surface area contributed by atoms with Crippen molar-refractivity contribution in [3.63, 3.8) is 0 Å². The molecule has 0 saturated carbocycles. The number of hydroxylamine groups is 1. The van der Waals surface area contributed by atoms with Crippen LogP contribution in [0.15, 0.2) is 30.3 Å². The van der Waals surface area contributed by atoms with E-state index < -0.39 is 12.1 Å². The van der Waals surface area contributed by atoms with Crippen LogP contribution >= 0.6 is 0 Å². The number of carbonyl (C=O) groups excluding carboxylic acids is 2. The maximum Gasteiger partial charge on any atom is 0.408 e. The van der Waals surface area contributed by atoms with Crippen LogP contribution in [0.1, 0.15) is 5.56 Å². The number of rotatable bonds is 3. The Morgan fingerprint density at radius 2 is 2.24 bits per heavy atom. The van der Waals surface area contributed by atoms with Crippen LogP contribution in [0.2, 0.25) is 0 Å². The summed E-state index contributed by atoms with van der Waals surface area (Å²) in [6, 6.07) is 8.60. The van der Waals surface area contributed by atoms with Gasteiger partial charge in [0, 0.05) is 0 Å². The molecule has 2 rings (SSSR count). The molecule has 0 spiro atoms. The standard InChI is InChI=1S/C11H12N2O4/c14-10-9(7-17-13-10)12-11(15)16-6-8-4-2-1-3-5-8/h1-5,9H,6-7H2,(H,12,15)(H,13,14)/t9-/m0/s1. The van der Waals surface area contributed by atoms with Gasteiger partial charge in [0.25, 0.3) is 5.91 Å². The van der Waals surface area contributed by atoms with Crippen molar-refractivity contribution >= 4 is 12.0 Å². The van der Waals surface area contributed by atoms with Crippen LogP contribution in [-0.4, -0.2) is 24.6 Å². The first-order valence-corrected chi connectivity index (χ1v) is 5.14. The number of amides is 2. The third-order valence-corrected chi connectivity index (χ3v) is 2.24. The number of benzene rings is 1. The average molecular weight is 236 g/mol. The molecule has 6 heteroatoms. The van der Waals surface area contributed by atoms with Gasteiger partial charge in [0.15, 0.2) is 0 Å². The highest BCUT2D eigenvalue weighted by atomic mass is 16.7. The van der Waals surface area contributed by atoms with Crippen LogP contribution in [0.4, 0.5) is 4.79 Å². The van der Waals surface area contributed by atoms with Gasteiger partial charge in [-0.25, -0.2) is 10.3 Å². The van der Waals surface area contributed by atoms with Crippen LogP contribution < -0.4 is 10.8 Å². The van der Waals surface area contributed by atoms with Gasteiger partial charge in [-0.3, -0.25) is 9.63 Å². The minimum atomic E-state index is -0.682. The Bertz CT molecular complexity index is 407. The van der Waals surface area contributed by atoms with E-state index in [1.165, 1.54) is 0 Å². The first-order valence-electron chi connectivity index (χ1n) is 5.14.